The van der Waals surface area contributed by atoms with Crippen molar-refractivity contribution in [1.29, 1.82) is 0 Å². The third kappa shape index (κ3) is 3.49. The van der Waals surface area contributed by atoms with E-state index in [1.54, 1.807) is 6.92 Å². The van der Waals surface area contributed by atoms with Crippen LogP contribution >= 0.6 is 0 Å². The van der Waals surface area contributed by atoms with Crippen LogP contribution in [-0.4, -0.2) is 46.5 Å². The lowest BCUT2D eigenvalue weighted by atomic mass is 9.87. The first-order valence-corrected chi connectivity index (χ1v) is 6.94. The van der Waals surface area contributed by atoms with Gasteiger partial charge >= 0.3 is 11.9 Å². The molecule has 1 aliphatic heterocycles. The predicted octanol–water partition coefficient (Wildman–Crippen LogP) is 1.75. The average molecular weight is 287 g/mol. The number of ether oxygens (including phenoxy) is 2. The SMILES string of the molecule is CCC(=O)OCCOC(=O)C1CC(C)(C)N(O)C1(C)C. The lowest BCUT2D eigenvalue weighted by Crippen LogP contribution is -2.48. The van der Waals surface area contributed by atoms with Gasteiger partial charge in [-0.25, -0.2) is 0 Å². The van der Waals surface area contributed by atoms with Gasteiger partial charge in [-0.1, -0.05) is 6.92 Å². The van der Waals surface area contributed by atoms with Crippen LogP contribution in [0.15, 0.2) is 0 Å². The fraction of sp³-hybridized carbons (Fsp3) is 0.857. The average Bonchev–Trinajstić information content (AvgIpc) is 2.54. The Morgan fingerprint density at radius 2 is 1.75 bits per heavy atom. The summed E-state index contributed by atoms with van der Waals surface area (Å²) in [6.45, 7) is 9.19. The van der Waals surface area contributed by atoms with Gasteiger partial charge in [0.2, 0.25) is 0 Å². The van der Waals surface area contributed by atoms with E-state index in [2.05, 4.69) is 0 Å². The zero-order valence-electron chi connectivity index (χ0n) is 12.9. The zero-order valence-corrected chi connectivity index (χ0v) is 12.9. The van der Waals surface area contributed by atoms with Gasteiger partial charge in [-0.15, -0.1) is 0 Å². The Morgan fingerprint density at radius 1 is 1.20 bits per heavy atom. The predicted molar refractivity (Wildman–Crippen MR) is 72.1 cm³/mol. The molecule has 0 bridgehead atoms. The molecule has 0 amide bonds. The normalized spacial score (nSPS) is 24.4. The second kappa shape index (κ2) is 6.10. The van der Waals surface area contributed by atoms with Crippen molar-refractivity contribution in [3.63, 3.8) is 0 Å². The molecule has 1 atom stereocenters. The Kier molecular flexibility index (Phi) is 5.15. The Labute approximate surface area is 120 Å². The number of hydrogen-bond acceptors (Lipinski definition) is 6. The van der Waals surface area contributed by atoms with Crippen molar-refractivity contribution in [2.24, 2.45) is 5.92 Å². The van der Waals surface area contributed by atoms with E-state index >= 15 is 0 Å². The minimum absolute atomic E-state index is 0.0447. The van der Waals surface area contributed by atoms with Crippen LogP contribution in [0.4, 0.5) is 0 Å². The summed E-state index contributed by atoms with van der Waals surface area (Å²) in [5.74, 6) is -1.10. The molecule has 0 radical (unpaired) electrons. The van der Waals surface area contributed by atoms with E-state index in [0.29, 0.717) is 12.8 Å². The Balaban J connectivity index is 2.50. The molecule has 20 heavy (non-hydrogen) atoms. The van der Waals surface area contributed by atoms with Gasteiger partial charge in [0.05, 0.1) is 11.5 Å². The third-order valence-corrected chi connectivity index (χ3v) is 3.84. The molecular formula is C14H25NO5. The highest BCUT2D eigenvalue weighted by molar-refractivity contribution is 5.75. The standard InChI is InChI=1S/C14H25NO5/c1-6-11(16)19-7-8-20-12(17)10-9-13(2,3)15(18)14(10,4)5/h10,18H,6-9H2,1-5H3. The largest absolute Gasteiger partial charge is 0.462 e. The maximum Gasteiger partial charge on any atom is 0.311 e. The van der Waals surface area contributed by atoms with Crippen molar-refractivity contribution in [3.8, 4) is 0 Å². The van der Waals surface area contributed by atoms with E-state index in [-0.39, 0.29) is 25.2 Å². The van der Waals surface area contributed by atoms with Crippen molar-refractivity contribution in [3.05, 3.63) is 0 Å². The lowest BCUT2D eigenvalue weighted by molar-refractivity contribution is -0.200. The molecule has 1 aliphatic rings. The molecule has 1 saturated heterocycles. The molecule has 0 aromatic rings. The number of esters is 2. The fourth-order valence-electron chi connectivity index (χ4n) is 2.64. The number of rotatable bonds is 5. The number of hydroxylamine groups is 2. The van der Waals surface area contributed by atoms with Crippen LogP contribution in [0.2, 0.25) is 0 Å². The molecular weight excluding hydrogens is 262 g/mol. The van der Waals surface area contributed by atoms with Crippen LogP contribution in [0.1, 0.15) is 47.5 Å². The van der Waals surface area contributed by atoms with Crippen molar-refractivity contribution in [2.45, 2.75) is 58.5 Å². The van der Waals surface area contributed by atoms with Crippen LogP contribution in [-0.2, 0) is 19.1 Å². The van der Waals surface area contributed by atoms with E-state index in [0.717, 1.165) is 0 Å². The summed E-state index contributed by atoms with van der Waals surface area (Å²) in [4.78, 5) is 23.0. The highest BCUT2D eigenvalue weighted by Crippen LogP contribution is 2.43. The summed E-state index contributed by atoms with van der Waals surface area (Å²) >= 11 is 0. The molecule has 1 rings (SSSR count). The first kappa shape index (κ1) is 16.9. The van der Waals surface area contributed by atoms with Crippen LogP contribution in [0, 0.1) is 5.92 Å². The Bertz CT molecular complexity index is 378. The molecule has 1 heterocycles. The van der Waals surface area contributed by atoms with Crippen LogP contribution in [0.5, 0.6) is 0 Å². The zero-order chi connectivity index (χ0) is 15.6. The molecule has 0 spiro atoms. The molecule has 0 aromatic heterocycles. The van der Waals surface area contributed by atoms with Gasteiger partial charge < -0.3 is 14.7 Å². The number of nitrogens with zero attached hydrogens (tertiary/aromatic N) is 1. The smallest absolute Gasteiger partial charge is 0.311 e. The molecule has 1 fully saturated rings. The highest BCUT2D eigenvalue weighted by Gasteiger charge is 2.54. The lowest BCUT2D eigenvalue weighted by Gasteiger charge is -2.35. The molecule has 116 valence electrons. The maximum absolute atomic E-state index is 12.1. The molecule has 0 aromatic carbocycles. The summed E-state index contributed by atoms with van der Waals surface area (Å²) in [7, 11) is 0. The number of carbonyl (C=O) groups excluding carboxylic acids is 2. The summed E-state index contributed by atoms with van der Waals surface area (Å²) < 4.78 is 9.99. The van der Waals surface area contributed by atoms with Gasteiger partial charge in [0, 0.05) is 12.0 Å². The van der Waals surface area contributed by atoms with Crippen LogP contribution in [0.3, 0.4) is 0 Å². The van der Waals surface area contributed by atoms with Gasteiger partial charge in [-0.2, -0.15) is 5.06 Å². The minimum Gasteiger partial charge on any atom is -0.462 e. The van der Waals surface area contributed by atoms with Crippen LogP contribution < -0.4 is 0 Å². The van der Waals surface area contributed by atoms with Crippen molar-refractivity contribution < 1.29 is 24.3 Å². The highest BCUT2D eigenvalue weighted by atomic mass is 16.6. The second-order valence-electron chi connectivity index (χ2n) is 6.28. The first-order chi connectivity index (χ1) is 9.13. The van der Waals surface area contributed by atoms with Gasteiger partial charge in [0.1, 0.15) is 13.2 Å². The van der Waals surface area contributed by atoms with Crippen LogP contribution in [0.25, 0.3) is 0 Å². The van der Waals surface area contributed by atoms with E-state index < -0.39 is 17.0 Å². The van der Waals surface area contributed by atoms with Gasteiger partial charge in [0.25, 0.3) is 0 Å². The quantitative estimate of drug-likeness (QED) is 0.613. The Hall–Kier alpha value is -1.14. The Morgan fingerprint density at radius 3 is 2.20 bits per heavy atom. The molecule has 0 saturated carbocycles. The van der Waals surface area contributed by atoms with Crippen molar-refractivity contribution >= 4 is 11.9 Å². The molecule has 1 N–H and O–H groups in total. The summed E-state index contributed by atoms with van der Waals surface area (Å²) in [6.07, 6.45) is 0.821. The first-order valence-electron chi connectivity index (χ1n) is 6.94. The molecule has 6 nitrogen and oxygen atoms in total. The van der Waals surface area contributed by atoms with Crippen molar-refractivity contribution in [1.82, 2.24) is 5.06 Å². The van der Waals surface area contributed by atoms with E-state index in [1.807, 2.05) is 27.7 Å². The summed E-state index contributed by atoms with van der Waals surface area (Å²) in [5.41, 5.74) is -1.15. The molecule has 6 heteroatoms. The summed E-state index contributed by atoms with van der Waals surface area (Å²) in [6, 6.07) is 0. The number of hydrogen-bond donors (Lipinski definition) is 1. The molecule has 1 unspecified atom stereocenters. The topological polar surface area (TPSA) is 76.1 Å². The second-order valence-corrected chi connectivity index (χ2v) is 6.28. The molecule has 0 aliphatic carbocycles. The van der Waals surface area contributed by atoms with Gasteiger partial charge in [-0.3, -0.25) is 9.59 Å². The van der Waals surface area contributed by atoms with Crippen molar-refractivity contribution in [2.75, 3.05) is 13.2 Å². The summed E-state index contributed by atoms with van der Waals surface area (Å²) in [5, 5.41) is 11.4. The minimum atomic E-state index is -0.680. The van der Waals surface area contributed by atoms with Gasteiger partial charge in [-0.05, 0) is 34.1 Å². The number of carbonyl (C=O) groups is 2. The van der Waals surface area contributed by atoms with E-state index in [9.17, 15) is 14.8 Å². The fourth-order valence-corrected chi connectivity index (χ4v) is 2.64. The van der Waals surface area contributed by atoms with E-state index in [4.69, 9.17) is 9.47 Å². The monoisotopic (exact) mass is 287 g/mol. The van der Waals surface area contributed by atoms with E-state index in [1.165, 1.54) is 5.06 Å². The van der Waals surface area contributed by atoms with Gasteiger partial charge in [0.15, 0.2) is 0 Å². The third-order valence-electron chi connectivity index (χ3n) is 3.84. The maximum atomic E-state index is 12.1.